The predicted octanol–water partition coefficient (Wildman–Crippen LogP) is 0.566. The summed E-state index contributed by atoms with van der Waals surface area (Å²) in [6, 6.07) is 9.58. The Morgan fingerprint density at radius 3 is 2.48 bits per heavy atom. The smallest absolute Gasteiger partial charge is 0.316 e. The number of nitrogens with zero attached hydrogens (tertiary/aromatic N) is 2. The van der Waals surface area contributed by atoms with Crippen LogP contribution in [-0.4, -0.2) is 19.2 Å². The van der Waals surface area contributed by atoms with Gasteiger partial charge in [-0.3, -0.25) is 14.4 Å². The molecule has 3 rings (SSSR count). The molecular weight excluding hydrogens is 298 g/mol. The molecule has 0 amide bonds. The SMILES string of the molecule is Cc1cc(O)cc(=O)n1CCn1c(=O)c(=O)[nH]c2ccccc21. The van der Waals surface area contributed by atoms with Crippen molar-refractivity contribution in [1.82, 2.24) is 14.1 Å². The maximum Gasteiger partial charge on any atom is 0.316 e. The second kappa shape index (κ2) is 5.60. The van der Waals surface area contributed by atoms with Crippen LogP contribution in [0.15, 0.2) is 50.8 Å². The maximum atomic E-state index is 12.1. The Kier molecular flexibility index (Phi) is 3.61. The highest BCUT2D eigenvalue weighted by Crippen LogP contribution is 2.09. The summed E-state index contributed by atoms with van der Waals surface area (Å²) < 4.78 is 2.80. The van der Waals surface area contributed by atoms with Crippen LogP contribution in [-0.2, 0) is 13.1 Å². The first-order chi connectivity index (χ1) is 11.0. The second-order valence-electron chi connectivity index (χ2n) is 5.27. The number of hydrogen-bond acceptors (Lipinski definition) is 4. The fourth-order valence-electron chi connectivity index (χ4n) is 2.64. The summed E-state index contributed by atoms with van der Waals surface area (Å²) in [5.74, 6) is -0.0949. The van der Waals surface area contributed by atoms with E-state index in [1.54, 1.807) is 31.2 Å². The van der Waals surface area contributed by atoms with Crippen molar-refractivity contribution in [3.8, 4) is 5.75 Å². The molecule has 1 aromatic carbocycles. The van der Waals surface area contributed by atoms with Crippen molar-refractivity contribution in [2.75, 3.05) is 0 Å². The molecule has 0 bridgehead atoms. The van der Waals surface area contributed by atoms with Crippen LogP contribution in [0.1, 0.15) is 5.69 Å². The van der Waals surface area contributed by atoms with Gasteiger partial charge < -0.3 is 19.2 Å². The highest BCUT2D eigenvalue weighted by atomic mass is 16.3. The minimum atomic E-state index is -0.696. The molecule has 7 heteroatoms. The molecule has 2 aromatic heterocycles. The standard InChI is InChI=1S/C16H15N3O4/c1-10-8-11(20)9-14(21)18(10)6-7-19-13-5-3-2-4-12(13)17-15(22)16(19)23/h2-5,8-9,20H,6-7H2,1H3,(H,17,22). The van der Waals surface area contributed by atoms with Gasteiger partial charge in [0.1, 0.15) is 5.75 Å². The van der Waals surface area contributed by atoms with Crippen LogP contribution < -0.4 is 16.7 Å². The van der Waals surface area contributed by atoms with Crippen molar-refractivity contribution in [2.24, 2.45) is 0 Å². The predicted molar refractivity (Wildman–Crippen MR) is 85.9 cm³/mol. The number of nitrogens with one attached hydrogen (secondary N) is 1. The third kappa shape index (κ3) is 2.68. The van der Waals surface area contributed by atoms with Gasteiger partial charge in [-0.1, -0.05) is 12.1 Å². The Balaban J connectivity index is 2.07. The van der Waals surface area contributed by atoms with Crippen LogP contribution >= 0.6 is 0 Å². The summed E-state index contributed by atoms with van der Waals surface area (Å²) in [7, 11) is 0. The molecule has 0 saturated carbocycles. The summed E-state index contributed by atoms with van der Waals surface area (Å²) >= 11 is 0. The van der Waals surface area contributed by atoms with Gasteiger partial charge in [0.15, 0.2) is 0 Å². The molecule has 7 nitrogen and oxygen atoms in total. The zero-order chi connectivity index (χ0) is 16.6. The lowest BCUT2D eigenvalue weighted by Gasteiger charge is -2.13. The highest BCUT2D eigenvalue weighted by Gasteiger charge is 2.09. The zero-order valence-electron chi connectivity index (χ0n) is 12.4. The Morgan fingerprint density at radius 1 is 1.04 bits per heavy atom. The lowest BCUT2D eigenvalue weighted by atomic mass is 10.3. The summed E-state index contributed by atoms with van der Waals surface area (Å²) in [6.07, 6.45) is 0. The normalized spacial score (nSPS) is 11.0. The Hall–Kier alpha value is -3.09. The van der Waals surface area contributed by atoms with E-state index in [4.69, 9.17) is 0 Å². The second-order valence-corrected chi connectivity index (χ2v) is 5.27. The van der Waals surface area contributed by atoms with Gasteiger partial charge in [-0.25, -0.2) is 0 Å². The van der Waals surface area contributed by atoms with Gasteiger partial charge >= 0.3 is 11.1 Å². The first-order valence-electron chi connectivity index (χ1n) is 7.09. The summed E-state index contributed by atoms with van der Waals surface area (Å²) in [6.45, 7) is 2.09. The van der Waals surface area contributed by atoms with E-state index in [1.807, 2.05) is 0 Å². The summed E-state index contributed by atoms with van der Waals surface area (Å²) in [5, 5.41) is 9.41. The largest absolute Gasteiger partial charge is 0.508 e. The molecule has 0 atom stereocenters. The summed E-state index contributed by atoms with van der Waals surface area (Å²) in [5.41, 5.74) is 0.0296. The zero-order valence-corrected chi connectivity index (χ0v) is 12.4. The van der Waals surface area contributed by atoms with E-state index in [-0.39, 0.29) is 24.4 Å². The number of aromatic nitrogens is 3. The summed E-state index contributed by atoms with van der Waals surface area (Å²) in [4.78, 5) is 38.4. The van der Waals surface area contributed by atoms with Gasteiger partial charge in [0.05, 0.1) is 11.0 Å². The third-order valence-corrected chi connectivity index (χ3v) is 3.75. The van der Waals surface area contributed by atoms with E-state index in [2.05, 4.69) is 4.98 Å². The number of fused-ring (bicyclic) bond motifs is 1. The molecule has 23 heavy (non-hydrogen) atoms. The maximum absolute atomic E-state index is 12.1. The quantitative estimate of drug-likeness (QED) is 0.691. The Bertz CT molecular complexity index is 1060. The molecule has 2 N–H and O–H groups in total. The first-order valence-corrected chi connectivity index (χ1v) is 7.09. The molecule has 0 aliphatic carbocycles. The molecule has 0 fully saturated rings. The number of aryl methyl sites for hydroxylation is 2. The minimum absolute atomic E-state index is 0.0949. The molecule has 0 saturated heterocycles. The van der Waals surface area contributed by atoms with Gasteiger partial charge in [-0.05, 0) is 25.1 Å². The van der Waals surface area contributed by atoms with Crippen molar-refractivity contribution in [3.63, 3.8) is 0 Å². The van der Waals surface area contributed by atoms with Gasteiger partial charge in [-0.15, -0.1) is 0 Å². The van der Waals surface area contributed by atoms with E-state index in [0.717, 1.165) is 6.07 Å². The molecule has 0 aliphatic rings. The van der Waals surface area contributed by atoms with Crippen LogP contribution in [0, 0.1) is 6.92 Å². The van der Waals surface area contributed by atoms with E-state index in [1.165, 1.54) is 15.2 Å². The fraction of sp³-hybridized carbons (Fsp3) is 0.188. The number of hydrogen-bond donors (Lipinski definition) is 2. The molecule has 0 radical (unpaired) electrons. The molecule has 118 valence electrons. The van der Waals surface area contributed by atoms with E-state index in [9.17, 15) is 19.5 Å². The van der Waals surface area contributed by atoms with Crippen molar-refractivity contribution >= 4 is 11.0 Å². The van der Waals surface area contributed by atoms with Crippen molar-refractivity contribution < 1.29 is 5.11 Å². The number of H-pyrrole nitrogens is 1. The third-order valence-electron chi connectivity index (χ3n) is 3.75. The average Bonchev–Trinajstić information content (AvgIpc) is 2.49. The topological polar surface area (TPSA) is 97.1 Å². The van der Waals surface area contributed by atoms with Gasteiger partial charge in [0.25, 0.3) is 5.56 Å². The minimum Gasteiger partial charge on any atom is -0.508 e. The lowest BCUT2D eigenvalue weighted by Crippen LogP contribution is -2.37. The first kappa shape index (κ1) is 14.8. The fourth-order valence-corrected chi connectivity index (χ4v) is 2.64. The number of rotatable bonds is 3. The van der Waals surface area contributed by atoms with Crippen molar-refractivity contribution in [3.05, 3.63) is 73.2 Å². The number of para-hydroxylation sites is 2. The lowest BCUT2D eigenvalue weighted by molar-refractivity contribution is 0.466. The average molecular weight is 313 g/mol. The molecule has 0 spiro atoms. The van der Waals surface area contributed by atoms with E-state index in [0.29, 0.717) is 16.7 Å². The van der Waals surface area contributed by atoms with Gasteiger partial charge in [0, 0.05) is 24.8 Å². The van der Waals surface area contributed by atoms with Crippen molar-refractivity contribution in [1.29, 1.82) is 0 Å². The number of aromatic hydroxyl groups is 1. The van der Waals surface area contributed by atoms with Crippen LogP contribution in [0.3, 0.4) is 0 Å². The van der Waals surface area contributed by atoms with E-state index >= 15 is 0 Å². The molecule has 0 aliphatic heterocycles. The highest BCUT2D eigenvalue weighted by molar-refractivity contribution is 5.74. The van der Waals surface area contributed by atoms with Crippen molar-refractivity contribution in [2.45, 2.75) is 20.0 Å². The molecular formula is C16H15N3O4. The molecule has 0 unspecified atom stereocenters. The number of benzene rings is 1. The Morgan fingerprint density at radius 2 is 1.74 bits per heavy atom. The molecule has 3 aromatic rings. The van der Waals surface area contributed by atoms with Gasteiger partial charge in [-0.2, -0.15) is 0 Å². The van der Waals surface area contributed by atoms with Gasteiger partial charge in [0.2, 0.25) is 0 Å². The monoisotopic (exact) mass is 313 g/mol. The van der Waals surface area contributed by atoms with E-state index < -0.39 is 11.1 Å². The molecule has 2 heterocycles. The number of pyridine rings is 1. The van der Waals surface area contributed by atoms with Crippen LogP contribution in [0.4, 0.5) is 0 Å². The number of aromatic amines is 1. The van der Waals surface area contributed by atoms with Crippen LogP contribution in [0.5, 0.6) is 5.75 Å². The van der Waals surface area contributed by atoms with Crippen LogP contribution in [0.25, 0.3) is 11.0 Å². The Labute approximate surface area is 130 Å². The van der Waals surface area contributed by atoms with Crippen LogP contribution in [0.2, 0.25) is 0 Å².